The molecule has 1 aliphatic heterocycles. The number of carbonyl (C=O) groups excluding carboxylic acids is 1. The van der Waals surface area contributed by atoms with Crippen LogP contribution in [0, 0.1) is 0 Å². The van der Waals surface area contributed by atoms with Gasteiger partial charge in [0.2, 0.25) is 0 Å². The first-order chi connectivity index (χ1) is 11.7. The summed E-state index contributed by atoms with van der Waals surface area (Å²) in [5.41, 5.74) is 2.24. The van der Waals surface area contributed by atoms with Gasteiger partial charge in [0.25, 0.3) is 5.91 Å². The first-order valence-electron chi connectivity index (χ1n) is 8.43. The van der Waals surface area contributed by atoms with Crippen LogP contribution in [0.2, 0.25) is 0 Å². The predicted octanol–water partition coefficient (Wildman–Crippen LogP) is 3.83. The SMILES string of the molecule is CC[C@@H](Oc1ccccc1OC)C(=O)N1CCCc2ccccc21. The van der Waals surface area contributed by atoms with Gasteiger partial charge in [-0.05, 0) is 43.0 Å². The summed E-state index contributed by atoms with van der Waals surface area (Å²) in [6.45, 7) is 2.70. The molecule has 2 aromatic rings. The van der Waals surface area contributed by atoms with Gasteiger partial charge in [0.05, 0.1) is 7.11 Å². The highest BCUT2D eigenvalue weighted by Crippen LogP contribution is 2.30. The molecule has 0 aliphatic carbocycles. The van der Waals surface area contributed by atoms with Crippen molar-refractivity contribution in [3.05, 3.63) is 54.1 Å². The van der Waals surface area contributed by atoms with Gasteiger partial charge in [-0.25, -0.2) is 0 Å². The average molecular weight is 325 g/mol. The first kappa shape index (κ1) is 16.4. The number of anilines is 1. The number of hydrogen-bond donors (Lipinski definition) is 0. The second-order valence-corrected chi connectivity index (χ2v) is 5.89. The second kappa shape index (κ2) is 7.39. The largest absolute Gasteiger partial charge is 0.493 e. The summed E-state index contributed by atoms with van der Waals surface area (Å²) < 4.78 is 11.3. The van der Waals surface area contributed by atoms with E-state index in [0.29, 0.717) is 17.9 Å². The molecule has 3 rings (SSSR count). The molecule has 0 spiro atoms. The lowest BCUT2D eigenvalue weighted by atomic mass is 10.0. The fraction of sp³-hybridized carbons (Fsp3) is 0.350. The molecular weight excluding hydrogens is 302 g/mol. The molecule has 4 nitrogen and oxygen atoms in total. The molecule has 0 N–H and O–H groups in total. The van der Waals surface area contributed by atoms with Crippen molar-refractivity contribution in [1.82, 2.24) is 0 Å². The number of aryl methyl sites for hydroxylation is 1. The summed E-state index contributed by atoms with van der Waals surface area (Å²) in [6.07, 6.45) is 2.08. The molecule has 0 bridgehead atoms. The number of methoxy groups -OCH3 is 1. The van der Waals surface area contributed by atoms with Crippen LogP contribution < -0.4 is 14.4 Å². The average Bonchev–Trinajstić information content (AvgIpc) is 2.65. The zero-order chi connectivity index (χ0) is 16.9. The quantitative estimate of drug-likeness (QED) is 0.838. The van der Waals surface area contributed by atoms with E-state index in [4.69, 9.17) is 9.47 Å². The van der Waals surface area contributed by atoms with Crippen LogP contribution in [0.5, 0.6) is 11.5 Å². The summed E-state index contributed by atoms with van der Waals surface area (Å²) in [7, 11) is 1.60. The molecule has 0 radical (unpaired) electrons. The van der Waals surface area contributed by atoms with Crippen LogP contribution in [0.3, 0.4) is 0 Å². The summed E-state index contributed by atoms with van der Waals surface area (Å²) >= 11 is 0. The number of hydrogen-bond acceptors (Lipinski definition) is 3. The number of carbonyl (C=O) groups is 1. The lowest BCUT2D eigenvalue weighted by molar-refractivity contribution is -0.125. The molecule has 1 aliphatic rings. The monoisotopic (exact) mass is 325 g/mol. The fourth-order valence-electron chi connectivity index (χ4n) is 3.11. The number of para-hydroxylation sites is 3. The molecule has 0 fully saturated rings. The normalized spacial score (nSPS) is 14.7. The van der Waals surface area contributed by atoms with Gasteiger partial charge in [-0.1, -0.05) is 37.3 Å². The maximum Gasteiger partial charge on any atom is 0.268 e. The maximum absolute atomic E-state index is 13.1. The summed E-state index contributed by atoms with van der Waals surface area (Å²) in [5.74, 6) is 1.25. The van der Waals surface area contributed by atoms with E-state index >= 15 is 0 Å². The predicted molar refractivity (Wildman–Crippen MR) is 94.8 cm³/mol. The third-order valence-corrected chi connectivity index (χ3v) is 4.36. The van der Waals surface area contributed by atoms with E-state index in [2.05, 4.69) is 6.07 Å². The molecule has 2 aromatic carbocycles. The van der Waals surface area contributed by atoms with Crippen molar-refractivity contribution in [2.75, 3.05) is 18.6 Å². The second-order valence-electron chi connectivity index (χ2n) is 5.89. The smallest absolute Gasteiger partial charge is 0.268 e. The van der Waals surface area contributed by atoms with Gasteiger partial charge in [0.1, 0.15) is 0 Å². The minimum absolute atomic E-state index is 0.00977. The van der Waals surface area contributed by atoms with Crippen LogP contribution in [0.15, 0.2) is 48.5 Å². The Kier molecular flexibility index (Phi) is 5.04. The standard InChI is InChI=1S/C20H23NO3/c1-3-17(24-19-13-7-6-12-18(19)23-2)20(22)21-14-8-10-15-9-4-5-11-16(15)21/h4-7,9,11-13,17H,3,8,10,14H2,1-2H3/t17-/m1/s1. The zero-order valence-electron chi connectivity index (χ0n) is 14.2. The lowest BCUT2D eigenvalue weighted by Crippen LogP contribution is -2.44. The van der Waals surface area contributed by atoms with E-state index in [-0.39, 0.29) is 5.91 Å². The van der Waals surface area contributed by atoms with Gasteiger partial charge in [-0.15, -0.1) is 0 Å². The number of ether oxygens (including phenoxy) is 2. The molecule has 0 aromatic heterocycles. The van der Waals surface area contributed by atoms with Gasteiger partial charge in [0.15, 0.2) is 17.6 Å². The van der Waals surface area contributed by atoms with Gasteiger partial charge >= 0.3 is 0 Å². The van der Waals surface area contributed by atoms with Gasteiger partial charge in [-0.2, -0.15) is 0 Å². The van der Waals surface area contributed by atoms with Crippen LogP contribution in [0.1, 0.15) is 25.3 Å². The van der Waals surface area contributed by atoms with E-state index in [0.717, 1.165) is 25.1 Å². The van der Waals surface area contributed by atoms with Crippen LogP contribution in [-0.4, -0.2) is 25.7 Å². The first-order valence-corrected chi connectivity index (χ1v) is 8.43. The Morgan fingerprint density at radius 1 is 1.12 bits per heavy atom. The molecule has 4 heteroatoms. The van der Waals surface area contributed by atoms with Crippen molar-refractivity contribution in [1.29, 1.82) is 0 Å². The highest BCUT2D eigenvalue weighted by Gasteiger charge is 2.29. The van der Waals surface area contributed by atoms with Crippen LogP contribution in [0.25, 0.3) is 0 Å². The molecule has 1 heterocycles. The third-order valence-electron chi connectivity index (χ3n) is 4.36. The van der Waals surface area contributed by atoms with Crippen molar-refractivity contribution in [2.24, 2.45) is 0 Å². The molecule has 0 saturated carbocycles. The fourth-order valence-corrected chi connectivity index (χ4v) is 3.11. The van der Waals surface area contributed by atoms with E-state index in [1.54, 1.807) is 7.11 Å². The zero-order valence-corrected chi connectivity index (χ0v) is 14.2. The van der Waals surface area contributed by atoms with Crippen LogP contribution in [0.4, 0.5) is 5.69 Å². The molecule has 126 valence electrons. The maximum atomic E-state index is 13.1. The minimum atomic E-state index is -0.521. The Morgan fingerprint density at radius 3 is 2.58 bits per heavy atom. The number of benzene rings is 2. The number of rotatable bonds is 5. The summed E-state index contributed by atoms with van der Waals surface area (Å²) in [5, 5.41) is 0. The molecule has 0 unspecified atom stereocenters. The van der Waals surface area contributed by atoms with Crippen molar-refractivity contribution in [3.63, 3.8) is 0 Å². The molecule has 0 saturated heterocycles. The van der Waals surface area contributed by atoms with Crippen molar-refractivity contribution in [3.8, 4) is 11.5 Å². The van der Waals surface area contributed by atoms with E-state index < -0.39 is 6.10 Å². The Balaban J connectivity index is 1.83. The van der Waals surface area contributed by atoms with Gasteiger partial charge in [0, 0.05) is 12.2 Å². The van der Waals surface area contributed by atoms with Gasteiger partial charge < -0.3 is 14.4 Å². The van der Waals surface area contributed by atoms with E-state index in [1.807, 2.05) is 54.3 Å². The van der Waals surface area contributed by atoms with Crippen LogP contribution in [-0.2, 0) is 11.2 Å². The number of fused-ring (bicyclic) bond motifs is 1. The van der Waals surface area contributed by atoms with Crippen molar-refractivity contribution < 1.29 is 14.3 Å². The Hall–Kier alpha value is -2.49. The topological polar surface area (TPSA) is 38.8 Å². The van der Waals surface area contributed by atoms with Crippen molar-refractivity contribution >= 4 is 11.6 Å². The van der Waals surface area contributed by atoms with E-state index in [9.17, 15) is 4.79 Å². The Morgan fingerprint density at radius 2 is 1.83 bits per heavy atom. The summed E-state index contributed by atoms with van der Waals surface area (Å²) in [6, 6.07) is 15.5. The Labute approximate surface area is 143 Å². The van der Waals surface area contributed by atoms with Crippen LogP contribution >= 0.6 is 0 Å². The Bertz CT molecular complexity index is 714. The van der Waals surface area contributed by atoms with Crippen molar-refractivity contribution in [2.45, 2.75) is 32.3 Å². The van der Waals surface area contributed by atoms with Gasteiger partial charge in [-0.3, -0.25) is 4.79 Å². The number of nitrogens with zero attached hydrogens (tertiary/aromatic N) is 1. The summed E-state index contributed by atoms with van der Waals surface area (Å²) in [4.78, 5) is 14.9. The lowest BCUT2D eigenvalue weighted by Gasteiger charge is -2.32. The van der Waals surface area contributed by atoms with E-state index in [1.165, 1.54) is 5.56 Å². The molecular formula is C20H23NO3. The molecule has 1 atom stereocenters. The number of amides is 1. The third kappa shape index (κ3) is 3.23. The highest BCUT2D eigenvalue weighted by atomic mass is 16.5. The molecule has 1 amide bonds. The molecule has 24 heavy (non-hydrogen) atoms. The highest BCUT2D eigenvalue weighted by molar-refractivity contribution is 5.97. The minimum Gasteiger partial charge on any atom is -0.493 e.